The number of hydrogen-bond donors (Lipinski definition) is 2. The van der Waals surface area contributed by atoms with Crippen LogP contribution in [-0.4, -0.2) is 44.9 Å². The van der Waals surface area contributed by atoms with Crippen molar-refractivity contribution in [1.29, 1.82) is 0 Å². The highest BCUT2D eigenvalue weighted by Crippen LogP contribution is 2.21. The van der Waals surface area contributed by atoms with Crippen LogP contribution in [0.4, 0.5) is 5.69 Å². The maximum atomic E-state index is 12.2. The molecular weight excluding hydrogens is 208 g/mol. The normalized spacial score (nSPS) is 20.4. The Morgan fingerprint density at radius 2 is 2.50 bits per heavy atom. The number of carbonyl (C=O) groups is 1. The highest BCUT2D eigenvalue weighted by molar-refractivity contribution is 5.97. The minimum atomic E-state index is -0.144. The molecule has 0 saturated carbocycles. The molecule has 1 saturated heterocycles. The lowest BCUT2D eigenvalue weighted by molar-refractivity contribution is 0.0667. The molecule has 6 nitrogen and oxygen atoms in total. The Morgan fingerprint density at radius 1 is 1.75 bits per heavy atom. The Kier molecular flexibility index (Phi) is 2.82. The zero-order valence-corrected chi connectivity index (χ0v) is 9.26. The zero-order chi connectivity index (χ0) is 11.7. The van der Waals surface area contributed by atoms with E-state index in [0.29, 0.717) is 17.9 Å². The Morgan fingerprint density at radius 3 is 3.06 bits per heavy atom. The number of rotatable bonds is 2. The lowest BCUT2D eigenvalue weighted by Crippen LogP contribution is -2.38. The van der Waals surface area contributed by atoms with E-state index in [1.807, 2.05) is 0 Å². The topological polar surface area (TPSA) is 84.4 Å². The van der Waals surface area contributed by atoms with Crippen LogP contribution in [0.2, 0.25) is 0 Å². The summed E-state index contributed by atoms with van der Waals surface area (Å²) in [6.07, 6.45) is 3.24. The second-order valence-corrected chi connectivity index (χ2v) is 4.05. The Balaban J connectivity index is 2.25. The van der Waals surface area contributed by atoms with Gasteiger partial charge < -0.3 is 15.7 Å². The van der Waals surface area contributed by atoms with Crippen molar-refractivity contribution in [3.63, 3.8) is 0 Å². The van der Waals surface area contributed by atoms with Crippen molar-refractivity contribution in [3.8, 4) is 0 Å². The molecule has 1 aromatic heterocycles. The molecule has 1 aromatic rings. The van der Waals surface area contributed by atoms with Crippen LogP contribution in [0.25, 0.3) is 0 Å². The van der Waals surface area contributed by atoms with Gasteiger partial charge in [0.05, 0.1) is 24.5 Å². The molecule has 3 N–H and O–H groups in total. The fourth-order valence-corrected chi connectivity index (χ4v) is 2.15. The smallest absolute Gasteiger partial charge is 0.274 e. The zero-order valence-electron chi connectivity index (χ0n) is 9.26. The molecule has 0 aromatic carbocycles. The van der Waals surface area contributed by atoms with E-state index in [2.05, 4.69) is 5.10 Å². The number of anilines is 1. The maximum absolute atomic E-state index is 12.2. The van der Waals surface area contributed by atoms with Gasteiger partial charge in [0.1, 0.15) is 5.69 Å². The van der Waals surface area contributed by atoms with E-state index in [0.717, 1.165) is 12.8 Å². The fourth-order valence-electron chi connectivity index (χ4n) is 2.15. The lowest BCUT2D eigenvalue weighted by Gasteiger charge is -2.23. The van der Waals surface area contributed by atoms with Crippen LogP contribution < -0.4 is 5.73 Å². The van der Waals surface area contributed by atoms with E-state index in [1.165, 1.54) is 10.9 Å². The predicted octanol–water partition coefficient (Wildman–Crippen LogP) is -0.401. The SMILES string of the molecule is Cn1ncc(N)c1C(=O)N1CCC[C@@H]1CO. The first-order valence-electron chi connectivity index (χ1n) is 5.34. The molecule has 6 heteroatoms. The summed E-state index contributed by atoms with van der Waals surface area (Å²) in [6, 6.07) is -0.0817. The third-order valence-corrected chi connectivity index (χ3v) is 3.02. The fraction of sp³-hybridized carbons (Fsp3) is 0.600. The summed E-state index contributed by atoms with van der Waals surface area (Å²) in [6.45, 7) is 0.679. The summed E-state index contributed by atoms with van der Waals surface area (Å²) in [5, 5.41) is 13.1. The van der Waals surface area contributed by atoms with Crippen LogP contribution in [0.5, 0.6) is 0 Å². The average Bonchev–Trinajstić information content (AvgIpc) is 2.85. The van der Waals surface area contributed by atoms with E-state index in [4.69, 9.17) is 5.73 Å². The summed E-state index contributed by atoms with van der Waals surface area (Å²) in [4.78, 5) is 13.9. The third kappa shape index (κ3) is 1.65. The summed E-state index contributed by atoms with van der Waals surface area (Å²) in [5.41, 5.74) is 6.49. The van der Waals surface area contributed by atoms with Crippen molar-refractivity contribution in [2.24, 2.45) is 7.05 Å². The van der Waals surface area contributed by atoms with Crippen molar-refractivity contribution in [2.45, 2.75) is 18.9 Å². The molecule has 0 aliphatic carbocycles. The van der Waals surface area contributed by atoms with Gasteiger partial charge in [0, 0.05) is 13.6 Å². The third-order valence-electron chi connectivity index (χ3n) is 3.02. The van der Waals surface area contributed by atoms with Gasteiger partial charge in [-0.25, -0.2) is 0 Å². The van der Waals surface area contributed by atoms with Crippen molar-refractivity contribution >= 4 is 11.6 Å². The van der Waals surface area contributed by atoms with Crippen LogP contribution >= 0.6 is 0 Å². The van der Waals surface area contributed by atoms with Crippen LogP contribution in [0.1, 0.15) is 23.3 Å². The van der Waals surface area contributed by atoms with Gasteiger partial charge in [-0.15, -0.1) is 0 Å². The Bertz CT molecular complexity index is 382. The summed E-state index contributed by atoms with van der Waals surface area (Å²) >= 11 is 0. The second kappa shape index (κ2) is 4.13. The number of likely N-dealkylation sites (tertiary alicyclic amines) is 1. The van der Waals surface area contributed by atoms with Crippen molar-refractivity contribution < 1.29 is 9.90 Å². The molecule has 0 bridgehead atoms. The van der Waals surface area contributed by atoms with Crippen LogP contribution in [0.3, 0.4) is 0 Å². The first-order valence-corrected chi connectivity index (χ1v) is 5.34. The van der Waals surface area contributed by atoms with Gasteiger partial charge in [0.2, 0.25) is 0 Å². The summed E-state index contributed by atoms with van der Waals surface area (Å²) in [7, 11) is 1.69. The van der Waals surface area contributed by atoms with Gasteiger partial charge in [0.25, 0.3) is 5.91 Å². The largest absolute Gasteiger partial charge is 0.396 e. The number of amides is 1. The molecule has 16 heavy (non-hydrogen) atoms. The number of nitrogen functional groups attached to an aromatic ring is 1. The van der Waals surface area contributed by atoms with Gasteiger partial charge in [-0.2, -0.15) is 5.10 Å². The Labute approximate surface area is 93.6 Å². The number of carbonyl (C=O) groups excluding carboxylic acids is 1. The molecule has 1 atom stereocenters. The molecule has 0 unspecified atom stereocenters. The monoisotopic (exact) mass is 224 g/mol. The molecule has 2 heterocycles. The maximum Gasteiger partial charge on any atom is 0.274 e. The first-order chi connectivity index (χ1) is 7.65. The van der Waals surface area contributed by atoms with E-state index in [-0.39, 0.29) is 18.6 Å². The van der Waals surface area contributed by atoms with Gasteiger partial charge in [-0.05, 0) is 12.8 Å². The number of nitrogens with two attached hydrogens (primary N) is 1. The molecule has 2 rings (SSSR count). The number of aryl methyl sites for hydroxylation is 1. The van der Waals surface area contributed by atoms with Gasteiger partial charge >= 0.3 is 0 Å². The first kappa shape index (κ1) is 10.9. The highest BCUT2D eigenvalue weighted by atomic mass is 16.3. The van der Waals surface area contributed by atoms with Crippen LogP contribution in [0, 0.1) is 0 Å². The quantitative estimate of drug-likeness (QED) is 0.716. The van der Waals surface area contributed by atoms with E-state index in [1.54, 1.807) is 11.9 Å². The minimum Gasteiger partial charge on any atom is -0.396 e. The lowest BCUT2D eigenvalue weighted by atomic mass is 10.2. The number of nitrogens with zero attached hydrogens (tertiary/aromatic N) is 3. The molecule has 0 radical (unpaired) electrons. The number of aliphatic hydroxyl groups excluding tert-OH is 1. The molecule has 1 aliphatic rings. The number of aliphatic hydroxyl groups is 1. The standard InChI is InChI=1S/C10H16N4O2/c1-13-9(8(11)5-12-13)10(16)14-4-2-3-7(14)6-15/h5,7,15H,2-4,6,11H2,1H3/t7-/m1/s1. The van der Waals surface area contributed by atoms with Gasteiger partial charge in [-0.1, -0.05) is 0 Å². The van der Waals surface area contributed by atoms with Crippen LogP contribution in [0.15, 0.2) is 6.20 Å². The van der Waals surface area contributed by atoms with E-state index >= 15 is 0 Å². The second-order valence-electron chi connectivity index (χ2n) is 4.05. The highest BCUT2D eigenvalue weighted by Gasteiger charge is 2.31. The van der Waals surface area contributed by atoms with E-state index in [9.17, 15) is 9.90 Å². The summed E-state index contributed by atoms with van der Waals surface area (Å²) < 4.78 is 1.48. The van der Waals surface area contributed by atoms with Crippen molar-refractivity contribution in [1.82, 2.24) is 14.7 Å². The van der Waals surface area contributed by atoms with Crippen molar-refractivity contribution in [2.75, 3.05) is 18.9 Å². The molecule has 88 valence electrons. The predicted molar refractivity (Wildman–Crippen MR) is 58.8 cm³/mol. The summed E-state index contributed by atoms with van der Waals surface area (Å²) in [5.74, 6) is -0.144. The molecule has 1 aliphatic heterocycles. The number of hydrogen-bond acceptors (Lipinski definition) is 4. The van der Waals surface area contributed by atoms with Crippen LogP contribution in [-0.2, 0) is 7.05 Å². The Hall–Kier alpha value is -1.56. The molecular formula is C10H16N4O2. The van der Waals surface area contributed by atoms with Gasteiger partial charge in [0.15, 0.2) is 0 Å². The molecule has 1 amide bonds. The van der Waals surface area contributed by atoms with E-state index < -0.39 is 0 Å². The molecule has 0 spiro atoms. The van der Waals surface area contributed by atoms with Gasteiger partial charge in [-0.3, -0.25) is 9.48 Å². The number of aromatic nitrogens is 2. The minimum absolute atomic E-state index is 0.00347. The van der Waals surface area contributed by atoms with Crippen molar-refractivity contribution in [3.05, 3.63) is 11.9 Å². The average molecular weight is 224 g/mol. The molecule has 1 fully saturated rings.